The number of rotatable bonds is 3. The van der Waals surface area contributed by atoms with E-state index in [9.17, 15) is 0 Å². The van der Waals surface area contributed by atoms with Gasteiger partial charge in [0, 0.05) is 18.8 Å². The molecule has 3 aromatic rings. The average Bonchev–Trinajstić information content (AvgIpc) is 3.20. The molecule has 0 bridgehead atoms. The number of fused-ring (bicyclic) bond motifs is 7. The van der Waals surface area contributed by atoms with Crippen molar-refractivity contribution in [3.8, 4) is 22.3 Å². The molecule has 0 aliphatic heterocycles. The van der Waals surface area contributed by atoms with Gasteiger partial charge in [-0.2, -0.15) is 0 Å². The number of nitrogens with zero attached hydrogens (tertiary/aromatic N) is 1. The number of hydrogen-bond acceptors (Lipinski definition) is 1. The van der Waals surface area contributed by atoms with Crippen LogP contribution in [-0.2, 0) is 12.8 Å². The zero-order valence-corrected chi connectivity index (χ0v) is 15.0. The molecule has 25 heavy (non-hydrogen) atoms. The van der Waals surface area contributed by atoms with E-state index in [4.69, 9.17) is 0 Å². The Balaban J connectivity index is 1.69. The van der Waals surface area contributed by atoms with Gasteiger partial charge in [0.2, 0.25) is 0 Å². The Morgan fingerprint density at radius 1 is 0.720 bits per heavy atom. The minimum atomic E-state index is 1.06. The van der Waals surface area contributed by atoms with Crippen LogP contribution in [-0.4, -0.2) is 13.1 Å². The summed E-state index contributed by atoms with van der Waals surface area (Å²) in [6.45, 7) is 6.58. The van der Waals surface area contributed by atoms with Gasteiger partial charge < -0.3 is 4.90 Å². The van der Waals surface area contributed by atoms with Crippen molar-refractivity contribution in [2.24, 2.45) is 0 Å². The molecule has 0 fully saturated rings. The zero-order chi connectivity index (χ0) is 17.0. The molecule has 5 rings (SSSR count). The molecule has 0 unspecified atom stereocenters. The maximum Gasteiger partial charge on any atom is 0.0372 e. The van der Waals surface area contributed by atoms with Crippen LogP contribution in [0.25, 0.3) is 22.3 Å². The summed E-state index contributed by atoms with van der Waals surface area (Å²) >= 11 is 0. The highest BCUT2D eigenvalue weighted by Crippen LogP contribution is 2.48. The van der Waals surface area contributed by atoms with E-state index in [-0.39, 0.29) is 0 Å². The minimum absolute atomic E-state index is 1.06. The monoisotopic (exact) mass is 325 g/mol. The van der Waals surface area contributed by atoms with Crippen LogP contribution in [0.4, 0.5) is 5.69 Å². The second kappa shape index (κ2) is 5.49. The molecule has 3 aromatic carbocycles. The molecule has 0 aromatic heterocycles. The van der Waals surface area contributed by atoms with Crippen LogP contribution >= 0.6 is 0 Å². The zero-order valence-electron chi connectivity index (χ0n) is 15.0. The Hall–Kier alpha value is -2.54. The fourth-order valence-corrected chi connectivity index (χ4v) is 4.68. The SMILES string of the molecule is CCN(CC)c1ccc2c(c1)-c1c(ccc3c1Cc1ccccc1-3)C2. The number of hydrogen-bond donors (Lipinski definition) is 0. The predicted octanol–water partition coefficient (Wildman–Crippen LogP) is 5.68. The van der Waals surface area contributed by atoms with Crippen LogP contribution in [0.1, 0.15) is 36.1 Å². The predicted molar refractivity (Wildman–Crippen MR) is 106 cm³/mol. The first-order valence-corrected chi connectivity index (χ1v) is 9.41. The third kappa shape index (κ3) is 2.08. The highest BCUT2D eigenvalue weighted by Gasteiger charge is 2.28. The average molecular weight is 325 g/mol. The Morgan fingerprint density at radius 2 is 1.48 bits per heavy atom. The Labute approximate surface area is 149 Å². The van der Waals surface area contributed by atoms with Crippen molar-refractivity contribution in [1.82, 2.24) is 0 Å². The lowest BCUT2D eigenvalue weighted by Gasteiger charge is -2.22. The minimum Gasteiger partial charge on any atom is -0.372 e. The number of anilines is 1. The molecule has 0 heterocycles. The van der Waals surface area contributed by atoms with Gasteiger partial charge >= 0.3 is 0 Å². The largest absolute Gasteiger partial charge is 0.372 e. The van der Waals surface area contributed by atoms with Crippen molar-refractivity contribution in [1.29, 1.82) is 0 Å². The summed E-state index contributed by atoms with van der Waals surface area (Å²) in [5.74, 6) is 0. The summed E-state index contributed by atoms with van der Waals surface area (Å²) in [6.07, 6.45) is 2.15. The van der Waals surface area contributed by atoms with Crippen molar-refractivity contribution >= 4 is 5.69 Å². The first-order chi connectivity index (χ1) is 12.3. The van der Waals surface area contributed by atoms with Gasteiger partial charge in [-0.25, -0.2) is 0 Å². The normalized spacial score (nSPS) is 13.2. The maximum atomic E-state index is 2.44. The topological polar surface area (TPSA) is 3.24 Å². The van der Waals surface area contributed by atoms with E-state index in [1.807, 2.05) is 0 Å². The molecular weight excluding hydrogens is 302 g/mol. The van der Waals surface area contributed by atoms with Gasteiger partial charge in [-0.15, -0.1) is 0 Å². The van der Waals surface area contributed by atoms with Gasteiger partial charge in [0.15, 0.2) is 0 Å². The molecule has 0 radical (unpaired) electrons. The second-order valence-electron chi connectivity index (χ2n) is 7.15. The molecule has 1 nitrogen and oxygen atoms in total. The first kappa shape index (κ1) is 14.8. The molecule has 0 N–H and O–H groups in total. The van der Waals surface area contributed by atoms with Crippen molar-refractivity contribution < 1.29 is 0 Å². The summed E-state index contributed by atoms with van der Waals surface area (Å²) < 4.78 is 0. The highest BCUT2D eigenvalue weighted by atomic mass is 15.1. The molecule has 2 aliphatic rings. The van der Waals surface area contributed by atoms with Crippen LogP contribution in [0, 0.1) is 0 Å². The van der Waals surface area contributed by atoms with E-state index < -0.39 is 0 Å². The third-order valence-electron chi connectivity index (χ3n) is 5.95. The van der Waals surface area contributed by atoms with Crippen LogP contribution in [0.15, 0.2) is 54.6 Å². The molecule has 0 spiro atoms. The summed E-state index contributed by atoms with van der Waals surface area (Å²) in [6, 6.07) is 20.6. The van der Waals surface area contributed by atoms with Gasteiger partial charge in [-0.3, -0.25) is 0 Å². The molecule has 1 heteroatoms. The van der Waals surface area contributed by atoms with Gasteiger partial charge in [-0.05, 0) is 83.3 Å². The first-order valence-electron chi connectivity index (χ1n) is 9.41. The van der Waals surface area contributed by atoms with E-state index in [0.717, 1.165) is 25.9 Å². The quantitative estimate of drug-likeness (QED) is 0.413. The van der Waals surface area contributed by atoms with E-state index in [1.54, 1.807) is 0 Å². The fraction of sp³-hybridized carbons (Fsp3) is 0.250. The summed E-state index contributed by atoms with van der Waals surface area (Å²) in [5, 5.41) is 0. The summed E-state index contributed by atoms with van der Waals surface area (Å²) in [4.78, 5) is 2.44. The lowest BCUT2D eigenvalue weighted by molar-refractivity contribution is 0.866. The highest BCUT2D eigenvalue weighted by molar-refractivity contribution is 5.90. The van der Waals surface area contributed by atoms with Gasteiger partial charge in [0.1, 0.15) is 0 Å². The van der Waals surface area contributed by atoms with E-state index >= 15 is 0 Å². The fourth-order valence-electron chi connectivity index (χ4n) is 4.68. The van der Waals surface area contributed by atoms with Crippen LogP contribution in [0.3, 0.4) is 0 Å². The molecule has 0 amide bonds. The summed E-state index contributed by atoms with van der Waals surface area (Å²) in [5.41, 5.74) is 13.2. The van der Waals surface area contributed by atoms with Crippen molar-refractivity contribution in [3.05, 3.63) is 76.9 Å². The molecule has 0 saturated carbocycles. The maximum absolute atomic E-state index is 2.44. The van der Waals surface area contributed by atoms with Gasteiger partial charge in [0.05, 0.1) is 0 Å². The van der Waals surface area contributed by atoms with E-state index in [1.165, 1.54) is 50.2 Å². The molecular formula is C24H23N. The molecule has 0 atom stereocenters. The summed E-state index contributed by atoms with van der Waals surface area (Å²) in [7, 11) is 0. The van der Waals surface area contributed by atoms with Crippen molar-refractivity contribution in [2.45, 2.75) is 26.7 Å². The Kier molecular flexibility index (Phi) is 3.24. The van der Waals surface area contributed by atoms with E-state index in [0.29, 0.717) is 0 Å². The van der Waals surface area contributed by atoms with Crippen molar-refractivity contribution in [2.75, 3.05) is 18.0 Å². The lowest BCUT2D eigenvalue weighted by atomic mass is 9.95. The van der Waals surface area contributed by atoms with Gasteiger partial charge in [-0.1, -0.05) is 42.5 Å². The molecule has 124 valence electrons. The number of benzene rings is 3. The third-order valence-corrected chi connectivity index (χ3v) is 5.95. The van der Waals surface area contributed by atoms with Crippen LogP contribution in [0.2, 0.25) is 0 Å². The smallest absolute Gasteiger partial charge is 0.0372 e. The molecule has 2 aliphatic carbocycles. The van der Waals surface area contributed by atoms with Crippen molar-refractivity contribution in [3.63, 3.8) is 0 Å². The molecule has 0 saturated heterocycles. The lowest BCUT2D eigenvalue weighted by Crippen LogP contribution is -2.21. The Morgan fingerprint density at radius 3 is 2.32 bits per heavy atom. The van der Waals surface area contributed by atoms with Crippen LogP contribution in [0.5, 0.6) is 0 Å². The van der Waals surface area contributed by atoms with E-state index in [2.05, 4.69) is 73.3 Å². The standard InChI is InChI=1S/C24H23N/c1-3-25(4-2)19-11-9-17-13-18-10-12-21-20-8-6-5-7-16(20)14-23(21)24(18)22(17)15-19/h5-12,15H,3-4,13-14H2,1-2H3. The van der Waals surface area contributed by atoms with Gasteiger partial charge in [0.25, 0.3) is 0 Å². The van der Waals surface area contributed by atoms with Crippen LogP contribution < -0.4 is 4.90 Å². The second-order valence-corrected chi connectivity index (χ2v) is 7.15. The Bertz CT molecular complexity index is 979.